The van der Waals surface area contributed by atoms with Gasteiger partial charge in [0.05, 0.1) is 11.9 Å². The van der Waals surface area contributed by atoms with E-state index in [2.05, 4.69) is 9.46 Å². The monoisotopic (exact) mass is 415 g/mol. The zero-order chi connectivity index (χ0) is 20.3. The van der Waals surface area contributed by atoms with Gasteiger partial charge >= 0.3 is 5.97 Å². The molecule has 5 nitrogen and oxygen atoms in total. The van der Waals surface area contributed by atoms with Crippen LogP contribution in [0, 0.1) is 5.92 Å². The van der Waals surface area contributed by atoms with Crippen molar-refractivity contribution in [1.82, 2.24) is 4.72 Å². The van der Waals surface area contributed by atoms with Crippen molar-refractivity contribution in [2.24, 2.45) is 5.92 Å². The van der Waals surface area contributed by atoms with Crippen LogP contribution in [0.15, 0.2) is 0 Å². The van der Waals surface area contributed by atoms with Crippen molar-refractivity contribution in [3.8, 4) is 0 Å². The van der Waals surface area contributed by atoms with Gasteiger partial charge in [0.25, 0.3) is 0 Å². The summed E-state index contributed by atoms with van der Waals surface area (Å²) in [6, 6.07) is 0. The molecule has 6 heteroatoms. The van der Waals surface area contributed by atoms with Crippen LogP contribution >= 0.6 is 0 Å². The molecule has 0 heterocycles. The molecule has 3 aliphatic rings. The standard InChI is InChI=1S/C22H41NO4S/c1-27-21(24)15-13-11-9-7-5-3-2-4-6-8-10-12-14-16-23-28(25,26)22-17-20(18-22)19-22/h20,23H,2-19H2,1H3. The molecule has 0 aromatic carbocycles. The van der Waals surface area contributed by atoms with Crippen molar-refractivity contribution in [2.45, 2.75) is 114 Å². The van der Waals surface area contributed by atoms with Crippen LogP contribution in [0.25, 0.3) is 0 Å². The molecule has 0 aromatic rings. The smallest absolute Gasteiger partial charge is 0.305 e. The highest BCUT2D eigenvalue weighted by Crippen LogP contribution is 2.61. The lowest BCUT2D eigenvalue weighted by atomic mass is 9.55. The van der Waals surface area contributed by atoms with Gasteiger partial charge in [-0.2, -0.15) is 0 Å². The Balaban J connectivity index is 1.27. The maximum atomic E-state index is 12.2. The molecule has 1 N–H and O–H groups in total. The Labute approximate surface area is 172 Å². The first-order chi connectivity index (χ1) is 13.5. The van der Waals surface area contributed by atoms with Crippen LogP contribution in [0.3, 0.4) is 0 Å². The summed E-state index contributed by atoms with van der Waals surface area (Å²) in [5.74, 6) is 0.612. The molecule has 2 bridgehead atoms. The molecule has 164 valence electrons. The fraction of sp³-hybridized carbons (Fsp3) is 0.955. The van der Waals surface area contributed by atoms with Gasteiger partial charge in [-0.3, -0.25) is 4.79 Å². The number of methoxy groups -OCH3 is 1. The Hall–Kier alpha value is -0.620. The molecular weight excluding hydrogens is 374 g/mol. The molecule has 0 unspecified atom stereocenters. The molecule has 0 amide bonds. The first kappa shape index (κ1) is 23.7. The number of carbonyl (C=O) groups excluding carboxylic acids is 1. The van der Waals surface area contributed by atoms with E-state index in [1.807, 2.05) is 0 Å². The normalized spacial score (nSPS) is 23.1. The predicted molar refractivity (Wildman–Crippen MR) is 114 cm³/mol. The quantitative estimate of drug-likeness (QED) is 0.250. The number of esters is 1. The zero-order valence-electron chi connectivity index (χ0n) is 17.8. The topological polar surface area (TPSA) is 72.5 Å². The molecular formula is C22H41NO4S. The number of hydrogen-bond donors (Lipinski definition) is 1. The summed E-state index contributed by atoms with van der Waals surface area (Å²) in [5.41, 5.74) is 0. The van der Waals surface area contributed by atoms with E-state index in [1.165, 1.54) is 64.9 Å². The number of carbonyl (C=O) groups is 1. The maximum absolute atomic E-state index is 12.2. The number of sulfonamides is 1. The molecule has 0 radical (unpaired) electrons. The average Bonchev–Trinajstić information content (AvgIpc) is 2.57. The van der Waals surface area contributed by atoms with E-state index in [1.54, 1.807) is 0 Å². The van der Waals surface area contributed by atoms with Crippen LogP contribution in [0.5, 0.6) is 0 Å². The van der Waals surface area contributed by atoms with E-state index in [9.17, 15) is 13.2 Å². The highest BCUT2D eigenvalue weighted by molar-refractivity contribution is 7.91. The summed E-state index contributed by atoms with van der Waals surface area (Å²) in [7, 11) is -1.60. The van der Waals surface area contributed by atoms with Gasteiger partial charge in [0, 0.05) is 13.0 Å². The first-order valence-corrected chi connectivity index (χ1v) is 13.0. The fourth-order valence-electron chi connectivity index (χ4n) is 4.53. The van der Waals surface area contributed by atoms with Gasteiger partial charge in [0.2, 0.25) is 10.0 Å². The van der Waals surface area contributed by atoms with Crippen LogP contribution in [0.4, 0.5) is 0 Å². The molecule has 3 aliphatic carbocycles. The van der Waals surface area contributed by atoms with E-state index >= 15 is 0 Å². The Morgan fingerprint density at radius 2 is 1.25 bits per heavy atom. The second-order valence-corrected chi connectivity index (χ2v) is 11.1. The van der Waals surface area contributed by atoms with Crippen molar-refractivity contribution in [3.63, 3.8) is 0 Å². The van der Waals surface area contributed by atoms with Gasteiger partial charge in [-0.15, -0.1) is 0 Å². The van der Waals surface area contributed by atoms with Gasteiger partial charge in [-0.25, -0.2) is 13.1 Å². The largest absolute Gasteiger partial charge is 0.469 e. The van der Waals surface area contributed by atoms with Gasteiger partial charge < -0.3 is 4.74 Å². The van der Waals surface area contributed by atoms with Crippen LogP contribution in [0.2, 0.25) is 0 Å². The second-order valence-electron chi connectivity index (χ2n) is 8.98. The Morgan fingerprint density at radius 1 is 0.821 bits per heavy atom. The minimum atomic E-state index is -3.05. The van der Waals surface area contributed by atoms with Crippen molar-refractivity contribution in [2.75, 3.05) is 13.7 Å². The highest BCUT2D eigenvalue weighted by Gasteiger charge is 2.64. The van der Waals surface area contributed by atoms with Gasteiger partial charge in [-0.05, 0) is 38.0 Å². The Kier molecular flexibility index (Phi) is 10.3. The van der Waals surface area contributed by atoms with Crippen LogP contribution in [0.1, 0.15) is 109 Å². The Morgan fingerprint density at radius 3 is 1.64 bits per heavy atom. The van der Waals surface area contributed by atoms with Crippen LogP contribution < -0.4 is 4.72 Å². The highest BCUT2D eigenvalue weighted by atomic mass is 32.2. The second kappa shape index (κ2) is 12.2. The summed E-state index contributed by atoms with van der Waals surface area (Å²) >= 11 is 0. The third kappa shape index (κ3) is 7.33. The van der Waals surface area contributed by atoms with Crippen LogP contribution in [-0.2, 0) is 19.6 Å². The molecule has 3 fully saturated rings. The molecule has 0 aromatic heterocycles. The minimum absolute atomic E-state index is 0.0916. The predicted octanol–water partition coefficient (Wildman–Crippen LogP) is 5.09. The third-order valence-electron chi connectivity index (χ3n) is 6.63. The lowest BCUT2D eigenvalue weighted by Gasteiger charge is -2.60. The number of nitrogens with one attached hydrogen (secondary N) is 1. The Bertz CT molecular complexity index is 544. The molecule has 0 spiro atoms. The summed E-state index contributed by atoms with van der Waals surface area (Å²) in [5, 5.41) is 0. The van der Waals surface area contributed by atoms with Crippen molar-refractivity contribution in [1.29, 1.82) is 0 Å². The first-order valence-electron chi connectivity index (χ1n) is 11.6. The van der Waals surface area contributed by atoms with E-state index in [-0.39, 0.29) is 10.7 Å². The number of ether oxygens (including phenoxy) is 1. The zero-order valence-corrected chi connectivity index (χ0v) is 18.7. The fourth-order valence-corrected chi connectivity index (χ4v) is 6.61. The molecule has 0 atom stereocenters. The van der Waals surface area contributed by atoms with Gasteiger partial charge in [-0.1, -0.05) is 70.6 Å². The lowest BCUT2D eigenvalue weighted by Crippen LogP contribution is -2.65. The lowest BCUT2D eigenvalue weighted by molar-refractivity contribution is -0.140. The number of unbranched alkanes of at least 4 members (excludes halogenated alkanes) is 12. The van der Waals surface area contributed by atoms with Gasteiger partial charge in [0.15, 0.2) is 0 Å². The maximum Gasteiger partial charge on any atom is 0.305 e. The van der Waals surface area contributed by atoms with E-state index in [0.717, 1.165) is 44.9 Å². The molecule has 3 saturated carbocycles. The average molecular weight is 416 g/mol. The van der Waals surface area contributed by atoms with Crippen molar-refractivity contribution in [3.05, 3.63) is 0 Å². The number of rotatable bonds is 18. The summed E-state index contributed by atoms with van der Waals surface area (Å²) in [6.07, 6.45) is 19.0. The molecule has 3 rings (SSSR count). The van der Waals surface area contributed by atoms with Crippen molar-refractivity contribution >= 4 is 16.0 Å². The molecule has 0 aliphatic heterocycles. The summed E-state index contributed by atoms with van der Waals surface area (Å²) in [6.45, 7) is 0.619. The van der Waals surface area contributed by atoms with E-state index in [4.69, 9.17) is 0 Å². The number of hydrogen-bond acceptors (Lipinski definition) is 4. The minimum Gasteiger partial charge on any atom is -0.469 e. The summed E-state index contributed by atoms with van der Waals surface area (Å²) in [4.78, 5) is 11.0. The molecule has 28 heavy (non-hydrogen) atoms. The van der Waals surface area contributed by atoms with Gasteiger partial charge in [0.1, 0.15) is 0 Å². The third-order valence-corrected chi connectivity index (χ3v) is 8.85. The van der Waals surface area contributed by atoms with Crippen LogP contribution in [-0.4, -0.2) is 32.8 Å². The van der Waals surface area contributed by atoms with E-state index < -0.39 is 10.0 Å². The van der Waals surface area contributed by atoms with Crippen molar-refractivity contribution < 1.29 is 17.9 Å². The van der Waals surface area contributed by atoms with E-state index in [0.29, 0.717) is 18.9 Å². The molecule has 0 saturated heterocycles. The summed E-state index contributed by atoms with van der Waals surface area (Å²) < 4.78 is 31.5. The SMILES string of the molecule is COC(=O)CCCCCCCCCCCCCCCNS(=O)(=O)C12CC(C1)C2.